The molecule has 0 aliphatic rings. The molecule has 18 heavy (non-hydrogen) atoms. The van der Waals surface area contributed by atoms with Gasteiger partial charge in [-0.1, -0.05) is 0 Å². The molecule has 6 heteroatoms. The zero-order valence-corrected chi connectivity index (χ0v) is 10.4. The van der Waals surface area contributed by atoms with Crippen molar-refractivity contribution in [1.82, 2.24) is 10.2 Å². The van der Waals surface area contributed by atoms with Crippen LogP contribution >= 0.6 is 0 Å². The van der Waals surface area contributed by atoms with Crippen molar-refractivity contribution in [2.24, 2.45) is 0 Å². The van der Waals surface area contributed by atoms with Crippen molar-refractivity contribution < 1.29 is 14.0 Å². The SMILES string of the molecule is CCN(C)C(=O)CNC(=O)c1cc(N)ccc1F. The van der Waals surface area contributed by atoms with Gasteiger partial charge < -0.3 is 16.0 Å². The number of rotatable bonds is 4. The molecule has 0 fully saturated rings. The Bertz CT molecular complexity index is 463. The molecule has 3 N–H and O–H groups in total. The van der Waals surface area contributed by atoms with Gasteiger partial charge in [-0.3, -0.25) is 9.59 Å². The normalized spacial score (nSPS) is 9.94. The van der Waals surface area contributed by atoms with Crippen LogP contribution in [0.3, 0.4) is 0 Å². The quantitative estimate of drug-likeness (QED) is 0.772. The summed E-state index contributed by atoms with van der Waals surface area (Å²) in [5.74, 6) is -1.56. The summed E-state index contributed by atoms with van der Waals surface area (Å²) in [4.78, 5) is 24.6. The smallest absolute Gasteiger partial charge is 0.254 e. The first-order valence-electron chi connectivity index (χ1n) is 5.53. The Morgan fingerprint density at radius 3 is 2.72 bits per heavy atom. The van der Waals surface area contributed by atoms with Gasteiger partial charge in [-0.25, -0.2) is 4.39 Å². The number of nitrogens with two attached hydrogens (primary N) is 1. The van der Waals surface area contributed by atoms with Crippen molar-refractivity contribution in [2.75, 3.05) is 25.9 Å². The summed E-state index contributed by atoms with van der Waals surface area (Å²) in [6.07, 6.45) is 0. The second-order valence-electron chi connectivity index (χ2n) is 3.83. The van der Waals surface area contributed by atoms with Gasteiger partial charge in [-0.2, -0.15) is 0 Å². The van der Waals surface area contributed by atoms with Crippen LogP contribution in [-0.4, -0.2) is 36.9 Å². The number of nitrogens with zero attached hydrogens (tertiary/aromatic N) is 1. The van der Waals surface area contributed by atoms with Crippen LogP contribution in [0.25, 0.3) is 0 Å². The van der Waals surface area contributed by atoms with Gasteiger partial charge in [0, 0.05) is 19.3 Å². The molecule has 0 saturated heterocycles. The number of nitrogen functional groups attached to an aromatic ring is 1. The zero-order chi connectivity index (χ0) is 13.7. The molecular formula is C12H16FN3O2. The summed E-state index contributed by atoms with van der Waals surface area (Å²) in [6, 6.07) is 3.71. The molecule has 0 unspecified atom stereocenters. The molecule has 1 rings (SSSR count). The molecule has 1 aromatic rings. The van der Waals surface area contributed by atoms with Crippen molar-refractivity contribution in [1.29, 1.82) is 0 Å². The van der Waals surface area contributed by atoms with E-state index in [0.717, 1.165) is 6.07 Å². The minimum atomic E-state index is -0.669. The van der Waals surface area contributed by atoms with Gasteiger partial charge in [0.25, 0.3) is 5.91 Å². The number of benzene rings is 1. The Morgan fingerprint density at radius 1 is 1.44 bits per heavy atom. The van der Waals surface area contributed by atoms with E-state index in [2.05, 4.69) is 5.32 Å². The van der Waals surface area contributed by atoms with Crippen molar-refractivity contribution >= 4 is 17.5 Å². The average Bonchev–Trinajstić information content (AvgIpc) is 2.37. The summed E-state index contributed by atoms with van der Waals surface area (Å²) in [5, 5.41) is 2.36. The zero-order valence-electron chi connectivity index (χ0n) is 10.4. The van der Waals surface area contributed by atoms with Crippen LogP contribution in [0.1, 0.15) is 17.3 Å². The first-order chi connectivity index (χ1) is 8.45. The number of hydrogen-bond acceptors (Lipinski definition) is 3. The molecule has 5 nitrogen and oxygen atoms in total. The molecule has 0 aliphatic heterocycles. The topological polar surface area (TPSA) is 75.4 Å². The number of carbonyl (C=O) groups excluding carboxylic acids is 2. The van der Waals surface area contributed by atoms with Crippen molar-refractivity contribution in [3.63, 3.8) is 0 Å². The maximum atomic E-state index is 13.4. The summed E-state index contributed by atoms with van der Waals surface area (Å²) >= 11 is 0. The summed E-state index contributed by atoms with van der Waals surface area (Å²) in [6.45, 7) is 2.19. The summed E-state index contributed by atoms with van der Waals surface area (Å²) < 4.78 is 13.4. The van der Waals surface area contributed by atoms with Crippen LogP contribution in [0.2, 0.25) is 0 Å². The van der Waals surface area contributed by atoms with E-state index in [0.29, 0.717) is 12.2 Å². The van der Waals surface area contributed by atoms with Crippen molar-refractivity contribution in [2.45, 2.75) is 6.92 Å². The lowest BCUT2D eigenvalue weighted by atomic mass is 10.2. The van der Waals surface area contributed by atoms with E-state index in [9.17, 15) is 14.0 Å². The van der Waals surface area contributed by atoms with Crippen molar-refractivity contribution in [3.05, 3.63) is 29.6 Å². The molecule has 98 valence electrons. The first-order valence-corrected chi connectivity index (χ1v) is 5.53. The number of hydrogen-bond donors (Lipinski definition) is 2. The molecule has 0 spiro atoms. The van der Waals surface area contributed by atoms with Crippen LogP contribution in [0.15, 0.2) is 18.2 Å². The maximum Gasteiger partial charge on any atom is 0.254 e. The fraction of sp³-hybridized carbons (Fsp3) is 0.333. The highest BCUT2D eigenvalue weighted by Crippen LogP contribution is 2.11. The number of amides is 2. The van der Waals surface area contributed by atoms with Crippen LogP contribution in [0, 0.1) is 5.82 Å². The van der Waals surface area contributed by atoms with Gasteiger partial charge in [0.2, 0.25) is 5.91 Å². The second-order valence-corrected chi connectivity index (χ2v) is 3.83. The van der Waals surface area contributed by atoms with Gasteiger partial charge in [-0.05, 0) is 25.1 Å². The van der Waals surface area contributed by atoms with E-state index in [-0.39, 0.29) is 18.0 Å². The fourth-order valence-electron chi connectivity index (χ4n) is 1.28. The van der Waals surface area contributed by atoms with Crippen LogP contribution < -0.4 is 11.1 Å². The molecule has 2 amide bonds. The molecule has 0 aliphatic carbocycles. The molecule has 0 bridgehead atoms. The molecule has 0 saturated carbocycles. The molecule has 1 aromatic carbocycles. The highest BCUT2D eigenvalue weighted by Gasteiger charge is 2.14. The second kappa shape index (κ2) is 6.00. The highest BCUT2D eigenvalue weighted by atomic mass is 19.1. The van der Waals surface area contributed by atoms with Gasteiger partial charge in [0.1, 0.15) is 5.82 Å². The first kappa shape index (κ1) is 14.0. The Kier molecular flexibility index (Phi) is 4.65. The number of likely N-dealkylation sites (N-methyl/N-ethyl adjacent to an activating group) is 1. The number of carbonyl (C=O) groups is 2. The van der Waals surface area contributed by atoms with E-state index in [4.69, 9.17) is 5.73 Å². The molecule has 0 aromatic heterocycles. The van der Waals surface area contributed by atoms with Crippen molar-refractivity contribution in [3.8, 4) is 0 Å². The molecule has 0 atom stereocenters. The summed E-state index contributed by atoms with van der Waals surface area (Å²) in [5.41, 5.74) is 5.59. The monoisotopic (exact) mass is 253 g/mol. The molecular weight excluding hydrogens is 237 g/mol. The van der Waals surface area contributed by atoms with Crippen LogP contribution in [0.5, 0.6) is 0 Å². The third-order valence-corrected chi connectivity index (χ3v) is 2.54. The van der Waals surface area contributed by atoms with Crippen LogP contribution in [0.4, 0.5) is 10.1 Å². The van der Waals surface area contributed by atoms with Crippen LogP contribution in [-0.2, 0) is 4.79 Å². The Morgan fingerprint density at radius 2 is 2.11 bits per heavy atom. The number of nitrogens with one attached hydrogen (secondary N) is 1. The highest BCUT2D eigenvalue weighted by molar-refractivity contribution is 5.97. The fourth-order valence-corrected chi connectivity index (χ4v) is 1.28. The number of halogens is 1. The van der Waals surface area contributed by atoms with Gasteiger partial charge in [-0.15, -0.1) is 0 Å². The lowest BCUT2D eigenvalue weighted by Crippen LogP contribution is -2.38. The van der Waals surface area contributed by atoms with Gasteiger partial charge in [0.15, 0.2) is 0 Å². The molecule has 0 radical (unpaired) electrons. The van der Waals surface area contributed by atoms with E-state index < -0.39 is 11.7 Å². The predicted molar refractivity (Wildman–Crippen MR) is 66.5 cm³/mol. The van der Waals surface area contributed by atoms with E-state index in [1.54, 1.807) is 7.05 Å². The Labute approximate surface area is 105 Å². The lowest BCUT2D eigenvalue weighted by molar-refractivity contribution is -0.128. The largest absolute Gasteiger partial charge is 0.399 e. The average molecular weight is 253 g/mol. The molecule has 0 heterocycles. The Hall–Kier alpha value is -2.11. The minimum absolute atomic E-state index is 0.165. The Balaban J connectivity index is 2.66. The lowest BCUT2D eigenvalue weighted by Gasteiger charge is -2.14. The third kappa shape index (κ3) is 3.44. The maximum absolute atomic E-state index is 13.4. The number of anilines is 1. The van der Waals surface area contributed by atoms with Gasteiger partial charge in [0.05, 0.1) is 12.1 Å². The minimum Gasteiger partial charge on any atom is -0.399 e. The standard InChI is InChI=1S/C12H16FN3O2/c1-3-16(2)11(17)7-15-12(18)9-6-8(14)4-5-10(9)13/h4-6H,3,7,14H2,1-2H3,(H,15,18). The summed E-state index contributed by atoms with van der Waals surface area (Å²) in [7, 11) is 1.62. The van der Waals surface area contributed by atoms with Gasteiger partial charge >= 0.3 is 0 Å². The third-order valence-electron chi connectivity index (χ3n) is 2.54. The van der Waals surface area contributed by atoms with E-state index in [1.165, 1.54) is 17.0 Å². The predicted octanol–water partition coefficient (Wildman–Crippen LogP) is 0.616. The van der Waals surface area contributed by atoms with E-state index >= 15 is 0 Å². The van der Waals surface area contributed by atoms with E-state index in [1.807, 2.05) is 6.92 Å².